The first kappa shape index (κ1) is 15.2. The molecule has 2 aromatic rings. The topological polar surface area (TPSA) is 53.1 Å². The van der Waals surface area contributed by atoms with Crippen molar-refractivity contribution in [2.24, 2.45) is 12.8 Å². The van der Waals surface area contributed by atoms with Crippen molar-refractivity contribution in [2.45, 2.75) is 26.5 Å². The molecule has 0 fully saturated rings. The van der Waals surface area contributed by atoms with E-state index in [9.17, 15) is 0 Å². The Labute approximate surface area is 128 Å². The van der Waals surface area contributed by atoms with Crippen molar-refractivity contribution < 1.29 is 4.74 Å². The number of hydrogen-bond acceptors (Lipinski definition) is 3. The molecule has 0 radical (unpaired) electrons. The number of nitrogens with two attached hydrogens (primary N) is 1. The van der Waals surface area contributed by atoms with Crippen LogP contribution in [0.5, 0.6) is 5.75 Å². The van der Waals surface area contributed by atoms with Crippen LogP contribution < -0.4 is 10.5 Å². The molecule has 4 nitrogen and oxygen atoms in total. The Morgan fingerprint density at radius 1 is 1.40 bits per heavy atom. The molecule has 0 aliphatic rings. The van der Waals surface area contributed by atoms with Crippen LogP contribution in [0.25, 0.3) is 0 Å². The van der Waals surface area contributed by atoms with Crippen LogP contribution in [-0.2, 0) is 13.7 Å². The summed E-state index contributed by atoms with van der Waals surface area (Å²) >= 11 is 12.2. The third-order valence-electron chi connectivity index (χ3n) is 3.10. The van der Waals surface area contributed by atoms with Crippen LogP contribution >= 0.6 is 23.2 Å². The molecule has 0 saturated carbocycles. The highest BCUT2D eigenvalue weighted by atomic mass is 35.5. The Hall–Kier alpha value is -1.23. The van der Waals surface area contributed by atoms with E-state index in [-0.39, 0.29) is 6.04 Å². The molecule has 0 saturated heterocycles. The summed E-state index contributed by atoms with van der Waals surface area (Å²) < 4.78 is 7.47. The van der Waals surface area contributed by atoms with Crippen LogP contribution in [0.15, 0.2) is 18.2 Å². The van der Waals surface area contributed by atoms with E-state index >= 15 is 0 Å². The predicted octanol–water partition coefficient (Wildman–Crippen LogP) is 3.63. The maximum absolute atomic E-state index is 6.18. The third-order valence-corrected chi connectivity index (χ3v) is 3.81. The normalized spacial score (nSPS) is 12.5. The van der Waals surface area contributed by atoms with Gasteiger partial charge in [0, 0.05) is 29.2 Å². The molecular formula is C14H17Cl2N3O. The number of aryl methyl sites for hydroxylation is 2. The first-order valence-electron chi connectivity index (χ1n) is 6.26. The smallest absolute Gasteiger partial charge is 0.133 e. The van der Waals surface area contributed by atoms with E-state index in [1.54, 1.807) is 17.8 Å². The molecule has 0 aliphatic heterocycles. The fourth-order valence-corrected chi connectivity index (χ4v) is 2.40. The lowest BCUT2D eigenvalue weighted by atomic mass is 10.1. The maximum atomic E-state index is 6.18. The van der Waals surface area contributed by atoms with Gasteiger partial charge in [0.2, 0.25) is 0 Å². The van der Waals surface area contributed by atoms with Gasteiger partial charge in [-0.15, -0.1) is 0 Å². The zero-order valence-electron chi connectivity index (χ0n) is 11.7. The molecule has 0 spiro atoms. The monoisotopic (exact) mass is 313 g/mol. The number of hydrogen-bond donors (Lipinski definition) is 1. The first-order chi connectivity index (χ1) is 9.40. The summed E-state index contributed by atoms with van der Waals surface area (Å²) in [5.41, 5.74) is 8.54. The van der Waals surface area contributed by atoms with E-state index < -0.39 is 0 Å². The molecule has 1 heterocycles. The Kier molecular flexibility index (Phi) is 4.58. The lowest BCUT2D eigenvalue weighted by Crippen LogP contribution is -2.08. The van der Waals surface area contributed by atoms with Crippen molar-refractivity contribution in [1.29, 1.82) is 0 Å². The maximum Gasteiger partial charge on any atom is 0.133 e. The van der Waals surface area contributed by atoms with Gasteiger partial charge >= 0.3 is 0 Å². The molecule has 0 aliphatic carbocycles. The number of benzene rings is 1. The molecule has 1 atom stereocenters. The molecule has 0 amide bonds. The highest BCUT2D eigenvalue weighted by Crippen LogP contribution is 2.29. The highest BCUT2D eigenvalue weighted by molar-refractivity contribution is 6.30. The van der Waals surface area contributed by atoms with Crippen LogP contribution in [0, 0.1) is 6.92 Å². The Bertz CT molecular complexity index is 623. The molecular weight excluding hydrogens is 297 g/mol. The summed E-state index contributed by atoms with van der Waals surface area (Å²) in [5.74, 6) is 0.712. The van der Waals surface area contributed by atoms with Gasteiger partial charge in [0.25, 0.3) is 0 Å². The lowest BCUT2D eigenvalue weighted by Gasteiger charge is -2.14. The van der Waals surface area contributed by atoms with Crippen molar-refractivity contribution in [1.82, 2.24) is 9.78 Å². The SMILES string of the molecule is Cc1nn(C)c(Cl)c1COc1ccc(Cl)cc1[C@@H](C)N. The number of aromatic nitrogens is 2. The third kappa shape index (κ3) is 3.08. The van der Waals surface area contributed by atoms with Crippen molar-refractivity contribution in [3.63, 3.8) is 0 Å². The summed E-state index contributed by atoms with van der Waals surface area (Å²) in [6.45, 7) is 4.14. The number of rotatable bonds is 4. The van der Waals surface area contributed by atoms with E-state index in [0.29, 0.717) is 22.5 Å². The molecule has 2 N–H and O–H groups in total. The van der Waals surface area contributed by atoms with Crippen molar-refractivity contribution in [3.05, 3.63) is 45.2 Å². The zero-order valence-corrected chi connectivity index (χ0v) is 13.2. The van der Waals surface area contributed by atoms with Crippen LogP contribution in [0.4, 0.5) is 0 Å². The summed E-state index contributed by atoms with van der Waals surface area (Å²) in [4.78, 5) is 0. The summed E-state index contributed by atoms with van der Waals surface area (Å²) in [5, 5.41) is 5.47. The second-order valence-corrected chi connectivity index (χ2v) is 5.53. The average molecular weight is 314 g/mol. The zero-order chi connectivity index (χ0) is 14.9. The van der Waals surface area contributed by atoms with E-state index in [1.165, 1.54) is 0 Å². The summed E-state index contributed by atoms with van der Waals surface area (Å²) in [6.07, 6.45) is 0. The van der Waals surface area contributed by atoms with Gasteiger partial charge in [-0.1, -0.05) is 23.2 Å². The number of halogens is 2. The fourth-order valence-electron chi connectivity index (χ4n) is 1.99. The van der Waals surface area contributed by atoms with Gasteiger partial charge in [-0.25, -0.2) is 0 Å². The Morgan fingerprint density at radius 3 is 2.65 bits per heavy atom. The Morgan fingerprint density at radius 2 is 2.10 bits per heavy atom. The van der Waals surface area contributed by atoms with Crippen LogP contribution in [0.2, 0.25) is 10.2 Å². The van der Waals surface area contributed by atoms with E-state index in [4.69, 9.17) is 33.7 Å². The van der Waals surface area contributed by atoms with Gasteiger partial charge < -0.3 is 10.5 Å². The highest BCUT2D eigenvalue weighted by Gasteiger charge is 2.14. The summed E-state index contributed by atoms with van der Waals surface area (Å²) in [6, 6.07) is 5.26. The molecule has 0 bridgehead atoms. The molecule has 1 aromatic heterocycles. The average Bonchev–Trinajstić information content (AvgIpc) is 2.62. The van der Waals surface area contributed by atoms with Gasteiger partial charge in [-0.3, -0.25) is 4.68 Å². The minimum Gasteiger partial charge on any atom is -0.488 e. The van der Waals surface area contributed by atoms with E-state index in [1.807, 2.05) is 26.0 Å². The fraction of sp³-hybridized carbons (Fsp3) is 0.357. The number of ether oxygens (including phenoxy) is 1. The van der Waals surface area contributed by atoms with Crippen molar-refractivity contribution in [3.8, 4) is 5.75 Å². The van der Waals surface area contributed by atoms with Crippen LogP contribution in [0.3, 0.4) is 0 Å². The molecule has 6 heteroatoms. The van der Waals surface area contributed by atoms with E-state index in [0.717, 1.165) is 16.8 Å². The minimum absolute atomic E-state index is 0.158. The second-order valence-electron chi connectivity index (χ2n) is 4.74. The quantitative estimate of drug-likeness (QED) is 0.937. The van der Waals surface area contributed by atoms with Crippen LogP contribution in [0.1, 0.15) is 29.8 Å². The number of nitrogens with zero attached hydrogens (tertiary/aromatic N) is 2. The largest absolute Gasteiger partial charge is 0.488 e. The second kappa shape index (κ2) is 6.04. The van der Waals surface area contributed by atoms with E-state index in [2.05, 4.69) is 5.10 Å². The van der Waals surface area contributed by atoms with Gasteiger partial charge in [0.1, 0.15) is 17.5 Å². The van der Waals surface area contributed by atoms with Gasteiger partial charge in [0.05, 0.1) is 5.69 Å². The summed E-state index contributed by atoms with van der Waals surface area (Å²) in [7, 11) is 1.80. The Balaban J connectivity index is 2.23. The van der Waals surface area contributed by atoms with Gasteiger partial charge in [-0.05, 0) is 32.0 Å². The van der Waals surface area contributed by atoms with Crippen molar-refractivity contribution in [2.75, 3.05) is 0 Å². The van der Waals surface area contributed by atoms with Gasteiger partial charge in [0.15, 0.2) is 0 Å². The molecule has 2 rings (SSSR count). The van der Waals surface area contributed by atoms with Crippen LogP contribution in [-0.4, -0.2) is 9.78 Å². The molecule has 0 unspecified atom stereocenters. The molecule has 108 valence electrons. The van der Waals surface area contributed by atoms with Gasteiger partial charge in [-0.2, -0.15) is 5.10 Å². The predicted molar refractivity (Wildman–Crippen MR) is 81.3 cm³/mol. The lowest BCUT2D eigenvalue weighted by molar-refractivity contribution is 0.301. The standard InChI is InChI=1S/C14H17Cl2N3O/c1-8(17)11-6-10(15)4-5-13(11)20-7-12-9(2)18-19(3)14(12)16/h4-6,8H,7,17H2,1-3H3/t8-/m1/s1. The minimum atomic E-state index is -0.158. The molecule has 1 aromatic carbocycles. The van der Waals surface area contributed by atoms with Crippen molar-refractivity contribution >= 4 is 23.2 Å². The molecule has 20 heavy (non-hydrogen) atoms. The first-order valence-corrected chi connectivity index (χ1v) is 7.01.